The van der Waals surface area contributed by atoms with Crippen molar-refractivity contribution in [1.82, 2.24) is 5.32 Å². The van der Waals surface area contributed by atoms with Gasteiger partial charge in [0.1, 0.15) is 0 Å². The Bertz CT molecular complexity index is 831. The Labute approximate surface area is 165 Å². The van der Waals surface area contributed by atoms with Crippen LogP contribution in [0.2, 0.25) is 0 Å². The predicted molar refractivity (Wildman–Crippen MR) is 111 cm³/mol. The van der Waals surface area contributed by atoms with Gasteiger partial charge < -0.3 is 10.6 Å². The van der Waals surface area contributed by atoms with Gasteiger partial charge in [0, 0.05) is 35.2 Å². The third-order valence-corrected chi connectivity index (χ3v) is 5.70. The Balaban J connectivity index is 1.40. The van der Waals surface area contributed by atoms with Gasteiger partial charge in [-0.3, -0.25) is 9.59 Å². The summed E-state index contributed by atoms with van der Waals surface area (Å²) in [5.74, 6) is 1.08. The molecule has 0 atom stereocenters. The summed E-state index contributed by atoms with van der Waals surface area (Å²) in [7, 11) is 0. The molecule has 0 bridgehead atoms. The Kier molecular flexibility index (Phi) is 6.56. The summed E-state index contributed by atoms with van der Waals surface area (Å²) < 4.78 is 0. The summed E-state index contributed by atoms with van der Waals surface area (Å²) in [6.45, 7) is 4.68. The molecular weight excluding hydrogens is 356 g/mol. The second-order valence-corrected chi connectivity index (χ2v) is 8.25. The number of rotatable bonds is 8. The van der Waals surface area contributed by atoms with E-state index in [1.807, 2.05) is 24.3 Å². The van der Waals surface area contributed by atoms with Crippen molar-refractivity contribution in [3.05, 3.63) is 59.2 Å². The summed E-state index contributed by atoms with van der Waals surface area (Å²) in [4.78, 5) is 25.1. The standard InChI is InChI=1S/C22H26N2O2S/c1-15-6-9-20(12-16(15)2)27-11-10-21(25)23-14-17-4-3-5-19(13-17)24-22(26)18-7-8-18/h3-6,9,12-13,18H,7-8,10-11,14H2,1-2H3,(H,23,25)(H,24,26). The Morgan fingerprint density at radius 2 is 1.89 bits per heavy atom. The predicted octanol–water partition coefficient (Wildman–Crippen LogP) is 4.45. The van der Waals surface area contributed by atoms with Gasteiger partial charge in [-0.05, 0) is 67.6 Å². The molecule has 2 N–H and O–H groups in total. The number of carbonyl (C=O) groups is 2. The van der Waals surface area contributed by atoms with Crippen LogP contribution in [-0.2, 0) is 16.1 Å². The molecule has 4 nitrogen and oxygen atoms in total. The summed E-state index contributed by atoms with van der Waals surface area (Å²) in [5.41, 5.74) is 4.34. The number of benzene rings is 2. The first-order valence-electron chi connectivity index (χ1n) is 9.38. The lowest BCUT2D eigenvalue weighted by molar-refractivity contribution is -0.121. The number of aryl methyl sites for hydroxylation is 2. The fourth-order valence-corrected chi connectivity index (χ4v) is 3.65. The van der Waals surface area contributed by atoms with Crippen LogP contribution in [0.4, 0.5) is 5.69 Å². The van der Waals surface area contributed by atoms with Crippen LogP contribution in [0.25, 0.3) is 0 Å². The average Bonchev–Trinajstić information content (AvgIpc) is 3.49. The summed E-state index contributed by atoms with van der Waals surface area (Å²) in [6.07, 6.45) is 2.46. The van der Waals surface area contributed by atoms with Gasteiger partial charge in [0.2, 0.25) is 11.8 Å². The Hall–Kier alpha value is -2.27. The van der Waals surface area contributed by atoms with Gasteiger partial charge in [-0.25, -0.2) is 0 Å². The monoisotopic (exact) mass is 382 g/mol. The topological polar surface area (TPSA) is 58.2 Å². The molecule has 142 valence electrons. The largest absolute Gasteiger partial charge is 0.352 e. The first kappa shape index (κ1) is 19.5. The molecule has 0 heterocycles. The fourth-order valence-electron chi connectivity index (χ4n) is 2.70. The van der Waals surface area contributed by atoms with Crippen LogP contribution in [0.15, 0.2) is 47.4 Å². The van der Waals surface area contributed by atoms with Crippen LogP contribution >= 0.6 is 11.8 Å². The number of nitrogens with one attached hydrogen (secondary N) is 2. The van der Waals surface area contributed by atoms with Gasteiger partial charge >= 0.3 is 0 Å². The SMILES string of the molecule is Cc1ccc(SCCC(=O)NCc2cccc(NC(=O)C3CC3)c2)cc1C. The zero-order valence-electron chi connectivity index (χ0n) is 15.9. The lowest BCUT2D eigenvalue weighted by atomic mass is 10.1. The first-order chi connectivity index (χ1) is 13.0. The number of hydrogen-bond donors (Lipinski definition) is 2. The molecule has 1 aliphatic rings. The van der Waals surface area contributed by atoms with Gasteiger partial charge in [0.15, 0.2) is 0 Å². The molecule has 1 aliphatic carbocycles. The van der Waals surface area contributed by atoms with Crippen LogP contribution in [0, 0.1) is 19.8 Å². The Morgan fingerprint density at radius 1 is 1.07 bits per heavy atom. The molecule has 1 fully saturated rings. The van der Waals surface area contributed by atoms with E-state index in [2.05, 4.69) is 42.7 Å². The number of hydrogen-bond acceptors (Lipinski definition) is 3. The summed E-state index contributed by atoms with van der Waals surface area (Å²) >= 11 is 1.70. The molecule has 5 heteroatoms. The second kappa shape index (κ2) is 9.09. The van der Waals surface area contributed by atoms with Gasteiger partial charge in [0.25, 0.3) is 0 Å². The van der Waals surface area contributed by atoms with E-state index in [0.29, 0.717) is 13.0 Å². The maximum absolute atomic E-state index is 12.1. The van der Waals surface area contributed by atoms with E-state index >= 15 is 0 Å². The van der Waals surface area contributed by atoms with E-state index in [1.165, 1.54) is 16.0 Å². The number of thioether (sulfide) groups is 1. The summed E-state index contributed by atoms with van der Waals surface area (Å²) in [5, 5.41) is 5.89. The molecule has 1 saturated carbocycles. The van der Waals surface area contributed by atoms with E-state index in [9.17, 15) is 9.59 Å². The van der Waals surface area contributed by atoms with Crippen LogP contribution in [0.5, 0.6) is 0 Å². The van der Waals surface area contributed by atoms with Crippen molar-refractivity contribution >= 4 is 29.3 Å². The molecular formula is C22H26N2O2S. The van der Waals surface area contributed by atoms with Crippen molar-refractivity contribution in [1.29, 1.82) is 0 Å². The highest BCUT2D eigenvalue weighted by atomic mass is 32.2. The molecule has 0 spiro atoms. The van der Waals surface area contributed by atoms with Crippen molar-refractivity contribution in [3.63, 3.8) is 0 Å². The first-order valence-corrected chi connectivity index (χ1v) is 10.4. The highest BCUT2D eigenvalue weighted by molar-refractivity contribution is 7.99. The van der Waals surface area contributed by atoms with Crippen LogP contribution < -0.4 is 10.6 Å². The van der Waals surface area contributed by atoms with Gasteiger partial charge in [-0.2, -0.15) is 0 Å². The van der Waals surface area contributed by atoms with Crippen molar-refractivity contribution in [2.75, 3.05) is 11.1 Å². The highest BCUT2D eigenvalue weighted by Gasteiger charge is 2.29. The minimum atomic E-state index is 0.0405. The lowest BCUT2D eigenvalue weighted by Crippen LogP contribution is -2.23. The number of amides is 2. The average molecular weight is 383 g/mol. The molecule has 2 aromatic rings. The van der Waals surface area contributed by atoms with Gasteiger partial charge in [0.05, 0.1) is 0 Å². The van der Waals surface area contributed by atoms with Crippen molar-refractivity contribution in [2.45, 2.75) is 44.6 Å². The zero-order valence-corrected chi connectivity index (χ0v) is 16.7. The minimum absolute atomic E-state index is 0.0405. The smallest absolute Gasteiger partial charge is 0.227 e. The summed E-state index contributed by atoms with van der Waals surface area (Å²) in [6, 6.07) is 14.0. The zero-order chi connectivity index (χ0) is 19.2. The third-order valence-electron chi connectivity index (χ3n) is 4.71. The maximum Gasteiger partial charge on any atom is 0.227 e. The van der Waals surface area contributed by atoms with Crippen molar-refractivity contribution in [2.24, 2.45) is 5.92 Å². The van der Waals surface area contributed by atoms with Crippen LogP contribution in [-0.4, -0.2) is 17.6 Å². The Morgan fingerprint density at radius 3 is 2.63 bits per heavy atom. The van der Waals surface area contributed by atoms with Gasteiger partial charge in [-0.1, -0.05) is 18.2 Å². The normalized spacial score (nSPS) is 13.3. The molecule has 2 aromatic carbocycles. The molecule has 0 saturated heterocycles. The van der Waals surface area contributed by atoms with E-state index < -0.39 is 0 Å². The van der Waals surface area contributed by atoms with Gasteiger partial charge in [-0.15, -0.1) is 11.8 Å². The van der Waals surface area contributed by atoms with E-state index in [-0.39, 0.29) is 17.7 Å². The molecule has 2 amide bonds. The molecule has 27 heavy (non-hydrogen) atoms. The second-order valence-electron chi connectivity index (χ2n) is 7.09. The minimum Gasteiger partial charge on any atom is -0.352 e. The fraction of sp³-hybridized carbons (Fsp3) is 0.364. The van der Waals surface area contributed by atoms with Crippen molar-refractivity contribution in [3.8, 4) is 0 Å². The van der Waals surface area contributed by atoms with E-state index in [0.717, 1.165) is 29.8 Å². The molecule has 0 aromatic heterocycles. The maximum atomic E-state index is 12.1. The molecule has 3 rings (SSSR count). The van der Waals surface area contributed by atoms with Crippen LogP contribution in [0.3, 0.4) is 0 Å². The van der Waals surface area contributed by atoms with Crippen molar-refractivity contribution < 1.29 is 9.59 Å². The third kappa shape index (κ3) is 6.14. The molecule has 0 radical (unpaired) electrons. The molecule has 0 aliphatic heterocycles. The number of carbonyl (C=O) groups excluding carboxylic acids is 2. The van der Waals surface area contributed by atoms with E-state index in [4.69, 9.17) is 0 Å². The lowest BCUT2D eigenvalue weighted by Gasteiger charge is -2.09. The quantitative estimate of drug-likeness (QED) is 0.663. The van der Waals surface area contributed by atoms with E-state index in [1.54, 1.807) is 11.8 Å². The van der Waals surface area contributed by atoms with Crippen LogP contribution in [0.1, 0.15) is 36.0 Å². The number of anilines is 1. The highest BCUT2D eigenvalue weighted by Crippen LogP contribution is 2.30. The molecule has 0 unspecified atom stereocenters.